The smallest absolute Gasteiger partial charge is 0.422 e. The third-order valence-corrected chi connectivity index (χ3v) is 5.77. The quantitative estimate of drug-likeness (QED) is 0.145. The van der Waals surface area contributed by atoms with Crippen molar-refractivity contribution in [1.82, 2.24) is 0 Å². The number of ketones is 1. The summed E-state index contributed by atoms with van der Waals surface area (Å²) in [5, 5.41) is 0. The number of carbonyl (C=O) groups excluding carboxylic acids is 2. The molecule has 0 unspecified atom stereocenters. The number of hydrogen-bond donors (Lipinski definition) is 0. The van der Waals surface area contributed by atoms with E-state index < -0.39 is 24.5 Å². The van der Waals surface area contributed by atoms with Crippen molar-refractivity contribution in [2.24, 2.45) is 0 Å². The van der Waals surface area contributed by atoms with E-state index in [9.17, 15) is 31.6 Å². The molecule has 39 heavy (non-hydrogen) atoms. The molecule has 0 radical (unpaired) electrons. The molecule has 0 fully saturated rings. The minimum Gasteiger partial charge on any atom is -0.422 e. The van der Waals surface area contributed by atoms with Gasteiger partial charge in [-0.25, -0.2) is 9.59 Å². The Kier molecular flexibility index (Phi) is 6.57. The summed E-state index contributed by atoms with van der Waals surface area (Å²) < 4.78 is 55.6. The molecule has 0 spiro atoms. The number of allylic oxidation sites excluding steroid dienone is 5. The van der Waals surface area contributed by atoms with Gasteiger partial charge in [-0.3, -0.25) is 4.42 Å². The Morgan fingerprint density at radius 2 is 1.21 bits per heavy atom. The van der Waals surface area contributed by atoms with E-state index in [0.29, 0.717) is 34.0 Å². The summed E-state index contributed by atoms with van der Waals surface area (Å²) in [4.78, 5) is 39.7. The number of furan rings is 2. The topological polar surface area (TPSA) is 88.8 Å². The Morgan fingerprint density at radius 3 is 1.74 bits per heavy atom. The number of fused-ring (bicyclic) bond motifs is 3. The van der Waals surface area contributed by atoms with Crippen molar-refractivity contribution in [3.63, 3.8) is 0 Å². The van der Waals surface area contributed by atoms with Gasteiger partial charge in [0.15, 0.2) is 5.57 Å². The molecular formula is C28H15BF4O6. The van der Waals surface area contributed by atoms with Crippen molar-refractivity contribution in [3.8, 4) is 22.6 Å². The molecule has 194 valence electrons. The van der Waals surface area contributed by atoms with E-state index in [1.807, 2.05) is 0 Å². The Balaban J connectivity index is 0.000000567. The van der Waals surface area contributed by atoms with Crippen molar-refractivity contribution in [2.45, 2.75) is 0 Å². The average Bonchev–Trinajstić information content (AvgIpc) is 3.17. The minimum atomic E-state index is -6.00. The fourth-order valence-corrected chi connectivity index (χ4v) is 4.35. The number of rotatable bonds is 2. The molecule has 6 nitrogen and oxygen atoms in total. The van der Waals surface area contributed by atoms with E-state index in [1.165, 1.54) is 0 Å². The Hall–Kier alpha value is -5.06. The third-order valence-electron chi connectivity index (χ3n) is 5.77. The molecule has 11 heteroatoms. The highest BCUT2D eigenvalue weighted by Gasteiger charge is 2.44. The maximum absolute atomic E-state index is 13.2. The van der Waals surface area contributed by atoms with Crippen LogP contribution in [0.4, 0.5) is 17.3 Å². The van der Waals surface area contributed by atoms with Crippen LogP contribution in [-0.4, -0.2) is 19.0 Å². The molecule has 0 saturated carbocycles. The zero-order chi connectivity index (χ0) is 27.7. The summed E-state index contributed by atoms with van der Waals surface area (Å²) in [5.74, 6) is 0.330. The highest BCUT2D eigenvalue weighted by atomic mass is 19.5. The number of hydrogen-bond acceptors (Lipinski definition) is 5. The SMILES string of the molecule is F[B-](F)(F)F.O=C1[O+]=C2C=CC=CC=C2C1=C(c1c2cccccc-2oc1=O)c1c2cccccc-2oc1=O. The van der Waals surface area contributed by atoms with Crippen molar-refractivity contribution in [2.75, 3.05) is 0 Å². The van der Waals surface area contributed by atoms with E-state index >= 15 is 0 Å². The molecule has 0 amide bonds. The van der Waals surface area contributed by atoms with Crippen LogP contribution in [0.25, 0.3) is 28.2 Å². The van der Waals surface area contributed by atoms with Crippen LogP contribution in [0.3, 0.4) is 0 Å². The average molecular weight is 534 g/mol. The molecule has 0 saturated heterocycles. The van der Waals surface area contributed by atoms with Crippen LogP contribution >= 0.6 is 0 Å². The van der Waals surface area contributed by atoms with Gasteiger partial charge in [-0.2, -0.15) is 0 Å². The molecule has 0 aromatic carbocycles. The van der Waals surface area contributed by atoms with Gasteiger partial charge in [-0.05, 0) is 18.2 Å². The lowest BCUT2D eigenvalue weighted by Crippen LogP contribution is -2.13. The van der Waals surface area contributed by atoms with Crippen LogP contribution < -0.4 is 11.3 Å². The van der Waals surface area contributed by atoms with Gasteiger partial charge in [0.25, 0.3) is 5.78 Å². The first-order valence-corrected chi connectivity index (χ1v) is 11.4. The summed E-state index contributed by atoms with van der Waals surface area (Å²) >= 11 is 0. The largest absolute Gasteiger partial charge is 0.673 e. The summed E-state index contributed by atoms with van der Waals surface area (Å²) in [7, 11) is -6.00. The second kappa shape index (κ2) is 10.0. The zero-order valence-corrected chi connectivity index (χ0v) is 19.7. The van der Waals surface area contributed by atoms with E-state index in [1.54, 1.807) is 91.0 Å². The van der Waals surface area contributed by atoms with Crippen molar-refractivity contribution in [1.29, 1.82) is 0 Å². The first kappa shape index (κ1) is 25.6. The predicted octanol–water partition coefficient (Wildman–Crippen LogP) is 5.60. The summed E-state index contributed by atoms with van der Waals surface area (Å²) in [5.41, 5.74) is 0.490. The zero-order valence-electron chi connectivity index (χ0n) is 19.7. The van der Waals surface area contributed by atoms with E-state index in [2.05, 4.69) is 0 Å². The van der Waals surface area contributed by atoms with Crippen LogP contribution in [0.1, 0.15) is 11.1 Å². The van der Waals surface area contributed by atoms with Crippen LogP contribution in [0.5, 0.6) is 0 Å². The molecule has 3 aliphatic carbocycles. The van der Waals surface area contributed by atoms with Gasteiger partial charge >= 0.3 is 24.5 Å². The lowest BCUT2D eigenvalue weighted by atomic mass is 9.86. The first-order valence-electron chi connectivity index (χ1n) is 11.4. The number of carbonyl (C=O) groups is 1. The van der Waals surface area contributed by atoms with Gasteiger partial charge in [0, 0.05) is 22.8 Å². The van der Waals surface area contributed by atoms with Gasteiger partial charge in [0.1, 0.15) is 11.5 Å². The van der Waals surface area contributed by atoms with Crippen LogP contribution in [0.2, 0.25) is 0 Å². The fourth-order valence-electron chi connectivity index (χ4n) is 4.35. The number of halogens is 4. The normalized spacial score (nSPS) is 14.5. The van der Waals surface area contributed by atoms with Gasteiger partial charge in [0.05, 0.1) is 21.5 Å². The Morgan fingerprint density at radius 1 is 0.692 bits per heavy atom. The molecular weight excluding hydrogens is 519 g/mol. The van der Waals surface area contributed by atoms with Crippen LogP contribution in [-0.2, 0) is 9.22 Å². The second-order valence-corrected chi connectivity index (χ2v) is 8.23. The minimum absolute atomic E-state index is 0.101. The molecule has 6 rings (SSSR count). The first-order chi connectivity index (χ1) is 18.6. The molecule has 0 bridgehead atoms. The molecule has 0 aromatic heterocycles. The molecule has 3 heterocycles. The summed E-state index contributed by atoms with van der Waals surface area (Å²) in [6, 6.07) is 17.4. The Bertz CT molecular complexity index is 1730. The van der Waals surface area contributed by atoms with Gasteiger partial charge < -0.3 is 26.1 Å². The lowest BCUT2D eigenvalue weighted by Gasteiger charge is -2.07. The maximum atomic E-state index is 13.2. The highest BCUT2D eigenvalue weighted by Crippen LogP contribution is 2.41. The fraction of sp³-hybridized carbons (Fsp3) is 0. The Labute approximate surface area is 217 Å². The molecule has 6 aliphatic rings. The van der Waals surface area contributed by atoms with Crippen molar-refractivity contribution in [3.05, 3.63) is 134 Å². The van der Waals surface area contributed by atoms with Crippen LogP contribution in [0, 0.1) is 0 Å². The van der Waals surface area contributed by atoms with E-state index in [-0.39, 0.29) is 22.3 Å². The van der Waals surface area contributed by atoms with E-state index in [4.69, 9.17) is 13.3 Å². The molecule has 0 atom stereocenters. The van der Waals surface area contributed by atoms with Crippen LogP contribution in [0.15, 0.2) is 121 Å². The highest BCUT2D eigenvalue weighted by molar-refractivity contribution is 6.50. The second-order valence-electron chi connectivity index (χ2n) is 8.23. The standard InChI is InChI=1S/C28H15O6.BF4/c29-26-22(16-10-4-1-7-13-19(16)32-26)25(23-17-11-5-2-8-14-20(17)33-27(23)30)24-18-12-6-3-9-15-21(18)34-28(24)31;2-1(3,4)5/h1-15H;/q+1;-1. The van der Waals surface area contributed by atoms with Gasteiger partial charge in [-0.1, -0.05) is 66.8 Å². The third kappa shape index (κ3) is 5.06. The maximum Gasteiger partial charge on any atom is 0.673 e. The van der Waals surface area contributed by atoms with Gasteiger partial charge in [-0.15, -0.1) is 0 Å². The summed E-state index contributed by atoms with van der Waals surface area (Å²) in [6.45, 7) is 0. The molecule has 0 aromatic rings. The van der Waals surface area contributed by atoms with E-state index in [0.717, 1.165) is 0 Å². The lowest BCUT2D eigenvalue weighted by molar-refractivity contribution is -0.366. The van der Waals surface area contributed by atoms with Crippen molar-refractivity contribution >= 4 is 24.6 Å². The molecule has 3 aliphatic heterocycles. The predicted molar refractivity (Wildman–Crippen MR) is 136 cm³/mol. The summed E-state index contributed by atoms with van der Waals surface area (Å²) in [6.07, 6.45) is 8.68. The van der Waals surface area contributed by atoms with Crippen molar-refractivity contribution < 1.29 is 35.3 Å². The van der Waals surface area contributed by atoms with Gasteiger partial charge in [0.2, 0.25) is 0 Å². The monoisotopic (exact) mass is 534 g/mol. The molecule has 0 N–H and O–H groups in total.